The Bertz CT molecular complexity index is 526. The van der Waals surface area contributed by atoms with Crippen molar-refractivity contribution in [3.63, 3.8) is 0 Å². The molecule has 0 radical (unpaired) electrons. The third kappa shape index (κ3) is 3.02. The Morgan fingerprint density at radius 2 is 1.83 bits per heavy atom. The summed E-state index contributed by atoms with van der Waals surface area (Å²) in [5.41, 5.74) is 0. The van der Waals surface area contributed by atoms with E-state index in [1.54, 1.807) is 26.0 Å². The second-order valence-electron chi connectivity index (χ2n) is 4.24. The van der Waals surface area contributed by atoms with Crippen LogP contribution in [0.15, 0.2) is 29.2 Å². The summed E-state index contributed by atoms with van der Waals surface area (Å²) in [5, 5.41) is 7.96. The highest BCUT2D eigenvalue weighted by Gasteiger charge is 2.30. The fraction of sp³-hybridized carbons (Fsp3) is 0.462. The van der Waals surface area contributed by atoms with Gasteiger partial charge in [-0.15, -0.1) is 0 Å². The SMILES string of the molecule is CCOc1ccc(S(=O)(=O)C(C#N)C(C)C)cc1. The molecule has 0 aromatic heterocycles. The third-order valence-corrected chi connectivity index (χ3v) is 4.78. The fourth-order valence-corrected chi connectivity index (χ4v) is 3.28. The molecule has 4 nitrogen and oxygen atoms in total. The van der Waals surface area contributed by atoms with Gasteiger partial charge in [0.05, 0.1) is 17.6 Å². The van der Waals surface area contributed by atoms with Crippen LogP contribution in [0.1, 0.15) is 20.8 Å². The summed E-state index contributed by atoms with van der Waals surface area (Å²) in [6.07, 6.45) is 0. The minimum atomic E-state index is -3.60. The van der Waals surface area contributed by atoms with Crippen LogP contribution in [-0.4, -0.2) is 20.3 Å². The van der Waals surface area contributed by atoms with Gasteiger partial charge >= 0.3 is 0 Å². The number of ether oxygens (including phenoxy) is 1. The monoisotopic (exact) mass is 267 g/mol. The third-order valence-electron chi connectivity index (χ3n) is 2.53. The first-order valence-corrected chi connectivity index (χ1v) is 7.34. The standard InChI is InChI=1S/C13H17NO3S/c1-4-17-11-5-7-12(8-6-11)18(15,16)13(9-14)10(2)3/h5-8,10,13H,4H2,1-3H3. The average molecular weight is 267 g/mol. The van der Waals surface area contributed by atoms with Gasteiger partial charge in [-0.1, -0.05) is 13.8 Å². The summed E-state index contributed by atoms with van der Waals surface area (Å²) in [7, 11) is -3.60. The van der Waals surface area contributed by atoms with Crippen molar-refractivity contribution >= 4 is 9.84 Å². The molecule has 1 aromatic carbocycles. The summed E-state index contributed by atoms with van der Waals surface area (Å²) < 4.78 is 29.7. The van der Waals surface area contributed by atoms with Gasteiger partial charge in [0.1, 0.15) is 5.75 Å². The Morgan fingerprint density at radius 3 is 2.22 bits per heavy atom. The zero-order chi connectivity index (χ0) is 13.8. The predicted octanol–water partition coefficient (Wildman–Crippen LogP) is 2.41. The number of nitrogens with zero attached hydrogens (tertiary/aromatic N) is 1. The van der Waals surface area contributed by atoms with Crippen molar-refractivity contribution in [1.29, 1.82) is 5.26 Å². The number of sulfone groups is 1. The molecule has 0 heterocycles. The summed E-state index contributed by atoms with van der Waals surface area (Å²) in [4.78, 5) is 0.159. The summed E-state index contributed by atoms with van der Waals surface area (Å²) in [6.45, 7) is 5.83. The number of nitriles is 1. The van der Waals surface area contributed by atoms with Crippen LogP contribution in [0, 0.1) is 17.2 Å². The number of rotatable bonds is 5. The van der Waals surface area contributed by atoms with Gasteiger partial charge < -0.3 is 4.74 Å². The highest BCUT2D eigenvalue weighted by Crippen LogP contribution is 2.23. The molecule has 18 heavy (non-hydrogen) atoms. The van der Waals surface area contributed by atoms with E-state index in [-0.39, 0.29) is 10.8 Å². The lowest BCUT2D eigenvalue weighted by Crippen LogP contribution is -2.25. The fourth-order valence-electron chi connectivity index (χ4n) is 1.62. The zero-order valence-electron chi connectivity index (χ0n) is 10.8. The van der Waals surface area contributed by atoms with Gasteiger partial charge in [-0.25, -0.2) is 8.42 Å². The molecule has 98 valence electrons. The molecule has 1 atom stereocenters. The van der Waals surface area contributed by atoms with E-state index in [1.165, 1.54) is 12.1 Å². The van der Waals surface area contributed by atoms with E-state index >= 15 is 0 Å². The molecular weight excluding hydrogens is 250 g/mol. The van der Waals surface area contributed by atoms with Crippen molar-refractivity contribution in [2.24, 2.45) is 5.92 Å². The van der Waals surface area contributed by atoms with Gasteiger partial charge in [0.25, 0.3) is 0 Å². The van der Waals surface area contributed by atoms with Gasteiger partial charge in [0.15, 0.2) is 15.1 Å². The van der Waals surface area contributed by atoms with Gasteiger partial charge in [-0.05, 0) is 37.1 Å². The molecule has 0 amide bonds. The molecule has 0 saturated carbocycles. The van der Waals surface area contributed by atoms with Crippen molar-refractivity contribution in [3.05, 3.63) is 24.3 Å². The van der Waals surface area contributed by atoms with Crippen LogP contribution < -0.4 is 4.74 Å². The van der Waals surface area contributed by atoms with E-state index in [0.29, 0.717) is 12.4 Å². The lowest BCUT2D eigenvalue weighted by Gasteiger charge is -2.14. The first-order valence-electron chi connectivity index (χ1n) is 5.79. The topological polar surface area (TPSA) is 67.2 Å². The lowest BCUT2D eigenvalue weighted by molar-refractivity contribution is 0.340. The number of hydrogen-bond donors (Lipinski definition) is 0. The van der Waals surface area contributed by atoms with Crippen LogP contribution in [0.2, 0.25) is 0 Å². The summed E-state index contributed by atoms with van der Waals surface area (Å²) in [6, 6.07) is 8.02. The molecule has 1 unspecified atom stereocenters. The molecule has 1 aromatic rings. The quantitative estimate of drug-likeness (QED) is 0.821. The normalized spacial score (nSPS) is 13.1. The van der Waals surface area contributed by atoms with E-state index in [9.17, 15) is 8.42 Å². The van der Waals surface area contributed by atoms with Crippen LogP contribution >= 0.6 is 0 Å². The molecule has 0 N–H and O–H groups in total. The van der Waals surface area contributed by atoms with Gasteiger partial charge in [0, 0.05) is 0 Å². The van der Waals surface area contributed by atoms with Crippen molar-refractivity contribution in [2.75, 3.05) is 6.61 Å². The average Bonchev–Trinajstić information content (AvgIpc) is 2.30. The minimum Gasteiger partial charge on any atom is -0.494 e. The minimum absolute atomic E-state index is 0.159. The number of benzene rings is 1. The predicted molar refractivity (Wildman–Crippen MR) is 69.0 cm³/mol. The van der Waals surface area contributed by atoms with Crippen LogP contribution in [0.25, 0.3) is 0 Å². The van der Waals surface area contributed by atoms with E-state index in [2.05, 4.69) is 0 Å². The molecule has 0 bridgehead atoms. The second-order valence-corrected chi connectivity index (χ2v) is 6.31. The Kier molecular flexibility index (Phi) is 4.74. The van der Waals surface area contributed by atoms with Gasteiger partial charge in [-0.2, -0.15) is 5.26 Å². The van der Waals surface area contributed by atoms with Gasteiger partial charge in [-0.3, -0.25) is 0 Å². The molecule has 0 aliphatic carbocycles. The zero-order valence-corrected chi connectivity index (χ0v) is 11.6. The first kappa shape index (κ1) is 14.5. The maximum absolute atomic E-state index is 12.2. The van der Waals surface area contributed by atoms with E-state index in [1.807, 2.05) is 13.0 Å². The van der Waals surface area contributed by atoms with Crippen LogP contribution in [0.5, 0.6) is 5.75 Å². The molecule has 0 aliphatic heterocycles. The lowest BCUT2D eigenvalue weighted by atomic mass is 10.1. The van der Waals surface area contributed by atoms with Crippen molar-refractivity contribution < 1.29 is 13.2 Å². The maximum Gasteiger partial charge on any atom is 0.194 e. The van der Waals surface area contributed by atoms with E-state index < -0.39 is 15.1 Å². The Hall–Kier alpha value is -1.54. The molecular formula is C13H17NO3S. The van der Waals surface area contributed by atoms with E-state index in [4.69, 9.17) is 10.00 Å². The summed E-state index contributed by atoms with van der Waals surface area (Å²) in [5.74, 6) is 0.376. The van der Waals surface area contributed by atoms with Crippen LogP contribution in [-0.2, 0) is 9.84 Å². The smallest absolute Gasteiger partial charge is 0.194 e. The Morgan fingerprint density at radius 1 is 1.28 bits per heavy atom. The van der Waals surface area contributed by atoms with Crippen molar-refractivity contribution in [3.8, 4) is 11.8 Å². The van der Waals surface area contributed by atoms with Crippen LogP contribution in [0.3, 0.4) is 0 Å². The molecule has 1 rings (SSSR count). The summed E-state index contributed by atoms with van der Waals surface area (Å²) >= 11 is 0. The Labute approximate surface area is 108 Å². The van der Waals surface area contributed by atoms with Crippen LogP contribution in [0.4, 0.5) is 0 Å². The molecule has 0 spiro atoms. The number of hydrogen-bond acceptors (Lipinski definition) is 4. The van der Waals surface area contributed by atoms with Gasteiger partial charge in [0.2, 0.25) is 0 Å². The first-order chi connectivity index (χ1) is 8.43. The Balaban J connectivity index is 3.10. The second kappa shape index (κ2) is 5.87. The molecule has 0 aliphatic rings. The molecule has 0 saturated heterocycles. The van der Waals surface area contributed by atoms with Crippen molar-refractivity contribution in [2.45, 2.75) is 30.9 Å². The highest BCUT2D eigenvalue weighted by molar-refractivity contribution is 7.92. The maximum atomic E-state index is 12.2. The molecule has 0 fully saturated rings. The van der Waals surface area contributed by atoms with Crippen molar-refractivity contribution in [1.82, 2.24) is 0 Å². The molecule has 5 heteroatoms. The van der Waals surface area contributed by atoms with E-state index in [0.717, 1.165) is 0 Å². The highest BCUT2D eigenvalue weighted by atomic mass is 32.2. The largest absolute Gasteiger partial charge is 0.494 e.